The molecule has 0 saturated carbocycles. The monoisotopic (exact) mass is 334 g/mol. The maximum absolute atomic E-state index is 5.93. The van der Waals surface area contributed by atoms with Gasteiger partial charge in [0.05, 0.1) is 7.11 Å². The van der Waals surface area contributed by atoms with Gasteiger partial charge in [-0.25, -0.2) is 4.98 Å². The van der Waals surface area contributed by atoms with Crippen LogP contribution in [0.4, 0.5) is 5.82 Å². The Bertz CT molecular complexity index is 819. The number of nitrogens with one attached hydrogen (secondary N) is 1. The van der Waals surface area contributed by atoms with Crippen LogP contribution in [0.15, 0.2) is 66.9 Å². The van der Waals surface area contributed by atoms with Crippen molar-refractivity contribution in [2.75, 3.05) is 12.4 Å². The maximum atomic E-state index is 5.93. The highest BCUT2D eigenvalue weighted by molar-refractivity contribution is 5.44. The molecule has 1 N–H and O–H groups in total. The standard InChI is InChI=1S/C21H22N2O2/c1-16-6-5-7-18(12-16)15-25-19-10-9-17(13-20(19)24-2)14-23-21-8-3-4-11-22-21/h3-13H,14-15H2,1-2H3,(H,22,23). The van der Waals surface area contributed by atoms with E-state index in [2.05, 4.69) is 35.4 Å². The average molecular weight is 334 g/mol. The molecule has 0 unspecified atom stereocenters. The van der Waals surface area contributed by atoms with Gasteiger partial charge in [-0.3, -0.25) is 0 Å². The molecule has 0 aliphatic heterocycles. The zero-order valence-electron chi connectivity index (χ0n) is 14.5. The first kappa shape index (κ1) is 16.8. The zero-order chi connectivity index (χ0) is 17.5. The van der Waals surface area contributed by atoms with Gasteiger partial charge >= 0.3 is 0 Å². The van der Waals surface area contributed by atoms with Crippen molar-refractivity contribution in [3.8, 4) is 11.5 Å². The molecule has 128 valence electrons. The van der Waals surface area contributed by atoms with Gasteiger partial charge in [-0.05, 0) is 42.3 Å². The normalized spacial score (nSPS) is 10.3. The fourth-order valence-electron chi connectivity index (χ4n) is 2.56. The van der Waals surface area contributed by atoms with E-state index in [0.717, 1.165) is 28.4 Å². The van der Waals surface area contributed by atoms with Crippen LogP contribution in [-0.2, 0) is 13.2 Å². The Balaban J connectivity index is 1.65. The first-order valence-electron chi connectivity index (χ1n) is 8.25. The van der Waals surface area contributed by atoms with Crippen molar-refractivity contribution in [1.29, 1.82) is 0 Å². The van der Waals surface area contributed by atoms with Crippen LogP contribution >= 0.6 is 0 Å². The Hall–Kier alpha value is -3.01. The number of hydrogen-bond donors (Lipinski definition) is 1. The summed E-state index contributed by atoms with van der Waals surface area (Å²) in [7, 11) is 1.66. The zero-order valence-corrected chi connectivity index (χ0v) is 14.5. The summed E-state index contributed by atoms with van der Waals surface area (Å²) in [5, 5.41) is 3.29. The van der Waals surface area contributed by atoms with E-state index in [0.29, 0.717) is 13.2 Å². The highest BCUT2D eigenvalue weighted by atomic mass is 16.5. The number of hydrogen-bond acceptors (Lipinski definition) is 4. The van der Waals surface area contributed by atoms with Crippen molar-refractivity contribution in [2.24, 2.45) is 0 Å². The summed E-state index contributed by atoms with van der Waals surface area (Å²) in [5.41, 5.74) is 3.47. The van der Waals surface area contributed by atoms with Gasteiger partial charge < -0.3 is 14.8 Å². The molecular formula is C21H22N2O2. The SMILES string of the molecule is COc1cc(CNc2ccccn2)ccc1OCc1cccc(C)c1. The van der Waals surface area contributed by atoms with E-state index in [4.69, 9.17) is 9.47 Å². The number of rotatable bonds is 7. The molecule has 0 fully saturated rings. The summed E-state index contributed by atoms with van der Waals surface area (Å²) in [6.45, 7) is 3.27. The molecule has 0 spiro atoms. The summed E-state index contributed by atoms with van der Waals surface area (Å²) in [4.78, 5) is 4.26. The first-order valence-corrected chi connectivity index (χ1v) is 8.25. The molecule has 0 atom stereocenters. The van der Waals surface area contributed by atoms with Crippen molar-refractivity contribution in [3.63, 3.8) is 0 Å². The Kier molecular flexibility index (Phi) is 5.52. The molecule has 4 nitrogen and oxygen atoms in total. The van der Waals surface area contributed by atoms with Crippen LogP contribution in [0.2, 0.25) is 0 Å². The number of nitrogens with zero attached hydrogens (tertiary/aromatic N) is 1. The van der Waals surface area contributed by atoms with Gasteiger partial charge in [0.1, 0.15) is 12.4 Å². The second-order valence-corrected chi connectivity index (χ2v) is 5.83. The Morgan fingerprint density at radius 3 is 2.60 bits per heavy atom. The molecule has 25 heavy (non-hydrogen) atoms. The molecule has 4 heteroatoms. The number of benzene rings is 2. The van der Waals surface area contributed by atoms with Gasteiger partial charge in [0.2, 0.25) is 0 Å². The lowest BCUT2D eigenvalue weighted by Crippen LogP contribution is -2.02. The summed E-state index contributed by atoms with van der Waals surface area (Å²) in [5.74, 6) is 2.32. The van der Waals surface area contributed by atoms with E-state index in [9.17, 15) is 0 Å². The van der Waals surface area contributed by atoms with Gasteiger partial charge in [0.15, 0.2) is 11.5 Å². The Labute approximate surface area is 148 Å². The van der Waals surface area contributed by atoms with Crippen molar-refractivity contribution in [3.05, 3.63) is 83.6 Å². The number of aryl methyl sites for hydroxylation is 1. The number of anilines is 1. The lowest BCUT2D eigenvalue weighted by molar-refractivity contribution is 0.284. The molecule has 0 aliphatic rings. The van der Waals surface area contributed by atoms with E-state index in [1.54, 1.807) is 13.3 Å². The third-order valence-electron chi connectivity index (χ3n) is 3.84. The van der Waals surface area contributed by atoms with Crippen LogP contribution < -0.4 is 14.8 Å². The molecule has 0 saturated heterocycles. The maximum Gasteiger partial charge on any atom is 0.161 e. The van der Waals surface area contributed by atoms with Crippen molar-refractivity contribution in [2.45, 2.75) is 20.1 Å². The number of pyridine rings is 1. The van der Waals surface area contributed by atoms with E-state index >= 15 is 0 Å². The van der Waals surface area contributed by atoms with Gasteiger partial charge in [0.25, 0.3) is 0 Å². The van der Waals surface area contributed by atoms with Crippen LogP contribution in [0.5, 0.6) is 11.5 Å². The highest BCUT2D eigenvalue weighted by Gasteiger charge is 2.07. The summed E-state index contributed by atoms with van der Waals surface area (Å²) in [6, 6.07) is 20.1. The van der Waals surface area contributed by atoms with Crippen molar-refractivity contribution >= 4 is 5.82 Å². The number of methoxy groups -OCH3 is 1. The van der Waals surface area contributed by atoms with Gasteiger partial charge in [0, 0.05) is 12.7 Å². The van der Waals surface area contributed by atoms with Crippen molar-refractivity contribution in [1.82, 2.24) is 4.98 Å². The topological polar surface area (TPSA) is 43.4 Å². The molecule has 1 aromatic heterocycles. The number of aromatic nitrogens is 1. The van der Waals surface area contributed by atoms with Crippen LogP contribution in [0, 0.1) is 6.92 Å². The quantitative estimate of drug-likeness (QED) is 0.686. The van der Waals surface area contributed by atoms with Gasteiger partial charge in [-0.1, -0.05) is 42.0 Å². The van der Waals surface area contributed by atoms with Crippen LogP contribution in [-0.4, -0.2) is 12.1 Å². The van der Waals surface area contributed by atoms with Gasteiger partial charge in [-0.2, -0.15) is 0 Å². The fraction of sp³-hybridized carbons (Fsp3) is 0.190. The molecule has 0 radical (unpaired) electrons. The van der Waals surface area contributed by atoms with Gasteiger partial charge in [-0.15, -0.1) is 0 Å². The second kappa shape index (κ2) is 8.20. The van der Waals surface area contributed by atoms with Crippen LogP contribution in [0.3, 0.4) is 0 Å². The second-order valence-electron chi connectivity index (χ2n) is 5.83. The largest absolute Gasteiger partial charge is 0.493 e. The molecule has 0 aliphatic carbocycles. The molecule has 0 amide bonds. The molecule has 0 bridgehead atoms. The third kappa shape index (κ3) is 4.73. The third-order valence-corrected chi connectivity index (χ3v) is 3.84. The predicted octanol–water partition coefficient (Wildman–Crippen LogP) is 4.59. The number of ether oxygens (including phenoxy) is 2. The minimum atomic E-state index is 0.517. The van der Waals surface area contributed by atoms with E-state index in [1.807, 2.05) is 42.5 Å². The highest BCUT2D eigenvalue weighted by Crippen LogP contribution is 2.29. The smallest absolute Gasteiger partial charge is 0.161 e. The molecule has 3 aromatic rings. The summed E-state index contributed by atoms with van der Waals surface area (Å²) >= 11 is 0. The summed E-state index contributed by atoms with van der Waals surface area (Å²) < 4.78 is 11.4. The van der Waals surface area contributed by atoms with E-state index in [-0.39, 0.29) is 0 Å². The minimum Gasteiger partial charge on any atom is -0.493 e. The van der Waals surface area contributed by atoms with E-state index < -0.39 is 0 Å². The molecule has 3 rings (SSSR count). The van der Waals surface area contributed by atoms with Crippen LogP contribution in [0.1, 0.15) is 16.7 Å². The predicted molar refractivity (Wildman–Crippen MR) is 100 cm³/mol. The first-order chi connectivity index (χ1) is 12.2. The minimum absolute atomic E-state index is 0.517. The average Bonchev–Trinajstić information content (AvgIpc) is 2.66. The Morgan fingerprint density at radius 1 is 0.920 bits per heavy atom. The Morgan fingerprint density at radius 2 is 1.84 bits per heavy atom. The lowest BCUT2D eigenvalue weighted by atomic mass is 10.1. The fourth-order valence-corrected chi connectivity index (χ4v) is 2.56. The molecular weight excluding hydrogens is 312 g/mol. The van der Waals surface area contributed by atoms with Crippen molar-refractivity contribution < 1.29 is 9.47 Å². The molecule has 2 aromatic carbocycles. The summed E-state index contributed by atoms with van der Waals surface area (Å²) in [6.07, 6.45) is 1.77. The van der Waals surface area contributed by atoms with Crippen LogP contribution in [0.25, 0.3) is 0 Å². The lowest BCUT2D eigenvalue weighted by Gasteiger charge is -2.13. The molecule has 1 heterocycles. The van der Waals surface area contributed by atoms with E-state index in [1.165, 1.54) is 5.56 Å².